The number of fused-ring (bicyclic) bond motifs is 1. The predicted molar refractivity (Wildman–Crippen MR) is 115 cm³/mol. The first-order valence-corrected chi connectivity index (χ1v) is 18.8. The molecule has 3 heteroatoms. The molecule has 0 N–H and O–H groups in total. The molecule has 2 nitrogen and oxygen atoms in total. The maximum atomic E-state index is 5.72. The van der Waals surface area contributed by atoms with Gasteiger partial charge < -0.3 is 0 Å². The monoisotopic (exact) mass is 468 g/mol. The van der Waals surface area contributed by atoms with Crippen molar-refractivity contribution in [2.75, 3.05) is 6.79 Å². The Morgan fingerprint density at radius 3 is 1.92 bits per heavy atom. The van der Waals surface area contributed by atoms with Gasteiger partial charge in [0.2, 0.25) is 0 Å². The molecule has 26 heavy (non-hydrogen) atoms. The molecular weight excluding hydrogens is 427 g/mol. The molecule has 0 fully saturated rings. The van der Waals surface area contributed by atoms with Crippen LogP contribution in [0.15, 0.2) is 18.2 Å². The molecule has 0 amide bonds. The average Bonchev–Trinajstić information content (AvgIpc) is 3.14. The predicted octanol–water partition coefficient (Wildman–Crippen LogP) is 7.69. The Kier molecular flexibility index (Phi) is 9.66. The van der Waals surface area contributed by atoms with E-state index in [1.54, 1.807) is 18.9 Å². The zero-order valence-corrected chi connectivity index (χ0v) is 20.5. The number of ether oxygens (including phenoxy) is 2. The summed E-state index contributed by atoms with van der Waals surface area (Å²) in [5, 5.41) is 0. The van der Waals surface area contributed by atoms with Crippen molar-refractivity contribution < 1.29 is 9.47 Å². The van der Waals surface area contributed by atoms with E-state index < -0.39 is 18.4 Å². The fraction of sp³-hybridized carbons (Fsp3) is 0.739. The second-order valence-electron chi connectivity index (χ2n) is 8.13. The van der Waals surface area contributed by atoms with Crippen LogP contribution in [0.2, 0.25) is 13.3 Å². The SMILES string of the molecule is CCC[CH2][Sn]([CH2]CCC)([CH2]CCC)[CH](CCC)c1ccc2c(c1)OCO2. The van der Waals surface area contributed by atoms with Gasteiger partial charge in [0.1, 0.15) is 0 Å². The van der Waals surface area contributed by atoms with Gasteiger partial charge in [-0.3, -0.25) is 0 Å². The van der Waals surface area contributed by atoms with E-state index in [9.17, 15) is 0 Å². The van der Waals surface area contributed by atoms with Gasteiger partial charge in [-0.15, -0.1) is 0 Å². The van der Waals surface area contributed by atoms with Gasteiger partial charge in [-0.05, 0) is 0 Å². The minimum atomic E-state index is -2.31. The van der Waals surface area contributed by atoms with Crippen LogP contribution in [0.25, 0.3) is 0 Å². The summed E-state index contributed by atoms with van der Waals surface area (Å²) in [7, 11) is 0. The van der Waals surface area contributed by atoms with Gasteiger partial charge in [0.25, 0.3) is 0 Å². The van der Waals surface area contributed by atoms with Gasteiger partial charge in [-0.25, -0.2) is 0 Å². The van der Waals surface area contributed by atoms with Crippen LogP contribution in [0.1, 0.15) is 88.6 Å². The molecule has 1 aliphatic heterocycles. The van der Waals surface area contributed by atoms with E-state index in [4.69, 9.17) is 9.47 Å². The number of hydrogen-bond acceptors (Lipinski definition) is 2. The molecule has 1 unspecified atom stereocenters. The second kappa shape index (κ2) is 11.5. The summed E-state index contributed by atoms with van der Waals surface area (Å²) in [4.78, 5) is 0. The molecule has 0 saturated carbocycles. The Hall–Kier alpha value is -0.381. The van der Waals surface area contributed by atoms with Gasteiger partial charge >= 0.3 is 166 Å². The van der Waals surface area contributed by atoms with Gasteiger partial charge in [0.15, 0.2) is 0 Å². The van der Waals surface area contributed by atoms with Crippen LogP contribution in [-0.2, 0) is 0 Å². The number of benzene rings is 1. The molecule has 0 spiro atoms. The topological polar surface area (TPSA) is 18.5 Å². The Labute approximate surface area is 165 Å². The normalized spacial score (nSPS) is 14.6. The minimum absolute atomic E-state index is 0.382. The summed E-state index contributed by atoms with van der Waals surface area (Å²) in [6.07, 6.45) is 11.0. The third-order valence-corrected chi connectivity index (χ3v) is 23.7. The molecule has 0 radical (unpaired) electrons. The molecule has 0 aromatic heterocycles. The Bertz CT molecular complexity index is 507. The maximum absolute atomic E-state index is 5.72. The molecule has 1 aliphatic rings. The van der Waals surface area contributed by atoms with E-state index in [-0.39, 0.29) is 0 Å². The van der Waals surface area contributed by atoms with E-state index >= 15 is 0 Å². The van der Waals surface area contributed by atoms with Crippen molar-refractivity contribution >= 4 is 18.4 Å². The molecule has 0 aliphatic carbocycles. The fourth-order valence-corrected chi connectivity index (χ4v) is 24.0. The summed E-state index contributed by atoms with van der Waals surface area (Å²) in [6, 6.07) is 6.86. The van der Waals surface area contributed by atoms with E-state index in [1.807, 2.05) is 0 Å². The standard InChI is InChI=1S/C11H13O2.3C4H9.Sn/c1-2-3-4-9-5-6-10-11(7-9)13-8-12-10;3*1-3-4-2;/h4-7H,2-3,8H2,1H3;3*1,3-4H2,2H3;. The first-order valence-electron chi connectivity index (χ1n) is 11.1. The number of hydrogen-bond donors (Lipinski definition) is 0. The van der Waals surface area contributed by atoms with Gasteiger partial charge in [-0.1, -0.05) is 0 Å². The Balaban J connectivity index is 2.38. The van der Waals surface area contributed by atoms with E-state index in [1.165, 1.54) is 51.4 Å². The van der Waals surface area contributed by atoms with Crippen molar-refractivity contribution in [2.24, 2.45) is 0 Å². The Morgan fingerprint density at radius 1 is 0.808 bits per heavy atom. The fourth-order valence-electron chi connectivity index (χ4n) is 4.73. The summed E-state index contributed by atoms with van der Waals surface area (Å²) in [5.74, 6) is 1.91. The third kappa shape index (κ3) is 5.56. The zero-order chi connectivity index (χ0) is 18.8. The third-order valence-electron chi connectivity index (χ3n) is 6.20. The van der Waals surface area contributed by atoms with Gasteiger partial charge in [-0.2, -0.15) is 0 Å². The van der Waals surface area contributed by atoms with Gasteiger partial charge in [0.05, 0.1) is 0 Å². The Morgan fingerprint density at radius 2 is 1.38 bits per heavy atom. The molecule has 1 heterocycles. The van der Waals surface area contributed by atoms with Crippen molar-refractivity contribution in [3.63, 3.8) is 0 Å². The molecule has 1 aromatic carbocycles. The van der Waals surface area contributed by atoms with Crippen LogP contribution in [0.5, 0.6) is 11.5 Å². The van der Waals surface area contributed by atoms with Crippen molar-refractivity contribution in [1.29, 1.82) is 0 Å². The quantitative estimate of drug-likeness (QED) is 0.277. The number of unbranched alkanes of at least 4 members (excludes halogenated alkanes) is 3. The number of rotatable bonds is 13. The molecule has 0 saturated heterocycles. The summed E-state index contributed by atoms with van der Waals surface area (Å²) >= 11 is -2.31. The van der Waals surface area contributed by atoms with Gasteiger partial charge in [0, 0.05) is 0 Å². The van der Waals surface area contributed by atoms with Crippen LogP contribution in [0.3, 0.4) is 0 Å². The van der Waals surface area contributed by atoms with E-state index in [0.717, 1.165) is 15.4 Å². The van der Waals surface area contributed by atoms with Crippen LogP contribution in [0, 0.1) is 0 Å². The second-order valence-corrected chi connectivity index (χ2v) is 22.2. The van der Waals surface area contributed by atoms with Crippen molar-refractivity contribution in [2.45, 2.75) is 96.3 Å². The molecule has 1 aromatic rings. The van der Waals surface area contributed by atoms with Crippen LogP contribution >= 0.6 is 0 Å². The summed E-state index contributed by atoms with van der Waals surface area (Å²) in [6.45, 7) is 9.85. The average molecular weight is 467 g/mol. The first kappa shape index (κ1) is 21.9. The van der Waals surface area contributed by atoms with Crippen LogP contribution in [-0.4, -0.2) is 25.2 Å². The van der Waals surface area contributed by atoms with Crippen molar-refractivity contribution in [1.82, 2.24) is 0 Å². The van der Waals surface area contributed by atoms with E-state index in [0.29, 0.717) is 6.79 Å². The van der Waals surface area contributed by atoms with Crippen molar-refractivity contribution in [3.8, 4) is 11.5 Å². The molecule has 0 bridgehead atoms. The zero-order valence-electron chi connectivity index (χ0n) is 17.6. The molecule has 148 valence electrons. The summed E-state index contributed by atoms with van der Waals surface area (Å²) in [5.41, 5.74) is 1.57. The molecular formula is C23H40O2Sn. The van der Waals surface area contributed by atoms with Crippen LogP contribution < -0.4 is 9.47 Å². The van der Waals surface area contributed by atoms with Crippen LogP contribution in [0.4, 0.5) is 0 Å². The molecule has 2 rings (SSSR count). The summed E-state index contributed by atoms with van der Waals surface area (Å²) < 4.78 is 16.9. The van der Waals surface area contributed by atoms with E-state index in [2.05, 4.69) is 45.9 Å². The van der Waals surface area contributed by atoms with Crippen molar-refractivity contribution in [3.05, 3.63) is 23.8 Å². The first-order chi connectivity index (χ1) is 12.7. The molecule has 1 atom stereocenters.